The molecule has 0 aliphatic rings. The topological polar surface area (TPSA) is 65.2 Å². The average Bonchev–Trinajstić information content (AvgIpc) is 2.81. The van der Waals surface area contributed by atoms with Crippen molar-refractivity contribution in [3.05, 3.63) is 41.2 Å². The van der Waals surface area contributed by atoms with Crippen molar-refractivity contribution >= 4 is 5.78 Å². The van der Waals surface area contributed by atoms with E-state index >= 15 is 0 Å². The van der Waals surface area contributed by atoms with Gasteiger partial charge in [0, 0.05) is 6.42 Å². The fourth-order valence-electron chi connectivity index (χ4n) is 1.60. The van der Waals surface area contributed by atoms with Crippen molar-refractivity contribution in [3.63, 3.8) is 0 Å². The third-order valence-electron chi connectivity index (χ3n) is 2.81. The Bertz CT molecular complexity index is 546. The standard InChI is InChI=1S/C14H16N2O3/c1-10(17)3-4-12-5-7-13(8-6-12)18-9-14-11(2)15-19-16-14/h5-8H,3-4,9H2,1-2H3. The van der Waals surface area contributed by atoms with Crippen LogP contribution in [0.15, 0.2) is 28.9 Å². The first-order valence-electron chi connectivity index (χ1n) is 6.14. The van der Waals surface area contributed by atoms with Gasteiger partial charge in [-0.15, -0.1) is 0 Å². The first kappa shape index (κ1) is 13.3. The molecule has 2 aromatic rings. The number of Topliss-reactive ketones (excluding diaryl/α,β-unsaturated/α-hetero) is 1. The van der Waals surface area contributed by atoms with Gasteiger partial charge in [0.1, 0.15) is 29.5 Å². The van der Waals surface area contributed by atoms with E-state index in [9.17, 15) is 4.79 Å². The number of carbonyl (C=O) groups is 1. The third kappa shape index (κ3) is 3.91. The summed E-state index contributed by atoms with van der Waals surface area (Å²) in [5.74, 6) is 0.961. The van der Waals surface area contributed by atoms with Crippen molar-refractivity contribution in [1.82, 2.24) is 10.3 Å². The summed E-state index contributed by atoms with van der Waals surface area (Å²) >= 11 is 0. The van der Waals surface area contributed by atoms with E-state index in [-0.39, 0.29) is 5.78 Å². The summed E-state index contributed by atoms with van der Waals surface area (Å²) < 4.78 is 10.2. The molecule has 0 spiro atoms. The molecular formula is C14H16N2O3. The van der Waals surface area contributed by atoms with Crippen molar-refractivity contribution in [2.24, 2.45) is 0 Å². The van der Waals surface area contributed by atoms with Crippen LogP contribution in [0.3, 0.4) is 0 Å². The van der Waals surface area contributed by atoms with Crippen molar-refractivity contribution in [1.29, 1.82) is 0 Å². The minimum Gasteiger partial charge on any atom is -0.487 e. The van der Waals surface area contributed by atoms with Crippen LogP contribution < -0.4 is 4.74 Å². The van der Waals surface area contributed by atoms with Gasteiger partial charge in [-0.2, -0.15) is 0 Å². The van der Waals surface area contributed by atoms with E-state index in [1.165, 1.54) is 0 Å². The highest BCUT2D eigenvalue weighted by Gasteiger charge is 2.05. The molecule has 0 N–H and O–H groups in total. The summed E-state index contributed by atoms with van der Waals surface area (Å²) in [4.78, 5) is 10.9. The maximum absolute atomic E-state index is 10.9. The Morgan fingerprint density at radius 2 is 2.00 bits per heavy atom. The Hall–Kier alpha value is -2.17. The number of hydrogen-bond donors (Lipinski definition) is 0. The molecule has 0 bridgehead atoms. The molecule has 1 heterocycles. The Morgan fingerprint density at radius 1 is 1.26 bits per heavy atom. The van der Waals surface area contributed by atoms with E-state index in [2.05, 4.69) is 14.9 Å². The number of ketones is 1. The highest BCUT2D eigenvalue weighted by Crippen LogP contribution is 2.15. The largest absolute Gasteiger partial charge is 0.487 e. The van der Waals surface area contributed by atoms with Gasteiger partial charge < -0.3 is 9.53 Å². The lowest BCUT2D eigenvalue weighted by molar-refractivity contribution is -0.116. The second-order valence-electron chi connectivity index (χ2n) is 4.43. The quantitative estimate of drug-likeness (QED) is 0.798. The molecule has 1 aromatic carbocycles. The zero-order chi connectivity index (χ0) is 13.7. The molecular weight excluding hydrogens is 244 g/mol. The smallest absolute Gasteiger partial charge is 0.145 e. The minimum atomic E-state index is 0.203. The van der Waals surface area contributed by atoms with Crippen LogP contribution in [-0.4, -0.2) is 16.1 Å². The molecule has 1 aromatic heterocycles. The van der Waals surface area contributed by atoms with Gasteiger partial charge in [0.15, 0.2) is 0 Å². The molecule has 0 unspecified atom stereocenters. The Morgan fingerprint density at radius 3 is 2.58 bits per heavy atom. The molecule has 19 heavy (non-hydrogen) atoms. The lowest BCUT2D eigenvalue weighted by Crippen LogP contribution is -1.98. The van der Waals surface area contributed by atoms with E-state index in [0.29, 0.717) is 18.7 Å². The molecule has 2 rings (SSSR count). The number of carbonyl (C=O) groups excluding carboxylic acids is 1. The highest BCUT2D eigenvalue weighted by molar-refractivity contribution is 5.75. The zero-order valence-electron chi connectivity index (χ0n) is 11.0. The summed E-state index contributed by atoms with van der Waals surface area (Å²) in [5, 5.41) is 7.43. The number of hydrogen-bond acceptors (Lipinski definition) is 5. The first-order valence-corrected chi connectivity index (χ1v) is 6.14. The van der Waals surface area contributed by atoms with Crippen molar-refractivity contribution < 1.29 is 14.2 Å². The maximum Gasteiger partial charge on any atom is 0.145 e. The van der Waals surface area contributed by atoms with Gasteiger partial charge >= 0.3 is 0 Å². The van der Waals surface area contributed by atoms with E-state index < -0.39 is 0 Å². The van der Waals surface area contributed by atoms with Crippen LogP contribution in [0.5, 0.6) is 5.75 Å². The van der Waals surface area contributed by atoms with Crippen LogP contribution in [0, 0.1) is 6.92 Å². The van der Waals surface area contributed by atoms with Crippen LogP contribution >= 0.6 is 0 Å². The Balaban J connectivity index is 1.88. The lowest BCUT2D eigenvalue weighted by atomic mass is 10.1. The summed E-state index contributed by atoms with van der Waals surface area (Å²) in [6.45, 7) is 3.76. The molecule has 0 aliphatic carbocycles. The predicted octanol–water partition coefficient (Wildman–Crippen LogP) is 2.48. The van der Waals surface area contributed by atoms with Crippen molar-refractivity contribution in [2.75, 3.05) is 0 Å². The Kier molecular flexibility index (Phi) is 4.28. The van der Waals surface area contributed by atoms with Crippen molar-refractivity contribution in [3.8, 4) is 5.75 Å². The second kappa shape index (κ2) is 6.13. The first-order chi connectivity index (χ1) is 9.15. The van der Waals surface area contributed by atoms with E-state index in [1.807, 2.05) is 31.2 Å². The molecule has 5 nitrogen and oxygen atoms in total. The fraction of sp³-hybridized carbons (Fsp3) is 0.357. The predicted molar refractivity (Wildman–Crippen MR) is 68.8 cm³/mol. The van der Waals surface area contributed by atoms with Crippen LogP contribution in [0.1, 0.15) is 30.3 Å². The van der Waals surface area contributed by atoms with Gasteiger partial charge in [-0.3, -0.25) is 0 Å². The van der Waals surface area contributed by atoms with Crippen LogP contribution in [0.25, 0.3) is 0 Å². The fourth-order valence-corrected chi connectivity index (χ4v) is 1.60. The van der Waals surface area contributed by atoms with Gasteiger partial charge in [0.2, 0.25) is 0 Å². The molecule has 0 aliphatic heterocycles. The molecule has 0 amide bonds. The molecule has 5 heteroatoms. The van der Waals surface area contributed by atoms with Crippen molar-refractivity contribution in [2.45, 2.75) is 33.3 Å². The summed E-state index contributed by atoms with van der Waals surface area (Å²) in [6, 6.07) is 7.70. The van der Waals surface area contributed by atoms with Crippen LogP contribution in [-0.2, 0) is 17.8 Å². The SMILES string of the molecule is CC(=O)CCc1ccc(OCc2nonc2C)cc1. The summed E-state index contributed by atoms with van der Waals surface area (Å²) in [6.07, 6.45) is 1.34. The lowest BCUT2D eigenvalue weighted by Gasteiger charge is -2.05. The molecule has 100 valence electrons. The summed E-state index contributed by atoms with van der Waals surface area (Å²) in [7, 11) is 0. The monoisotopic (exact) mass is 260 g/mol. The number of ether oxygens (including phenoxy) is 1. The van der Waals surface area contributed by atoms with E-state index in [4.69, 9.17) is 4.74 Å². The molecule has 0 saturated carbocycles. The van der Waals surface area contributed by atoms with Gasteiger partial charge in [-0.05, 0) is 38.0 Å². The van der Waals surface area contributed by atoms with Gasteiger partial charge in [0.25, 0.3) is 0 Å². The number of nitrogens with zero attached hydrogens (tertiary/aromatic N) is 2. The van der Waals surface area contributed by atoms with Gasteiger partial charge in [-0.1, -0.05) is 22.4 Å². The van der Waals surface area contributed by atoms with Gasteiger partial charge in [-0.25, -0.2) is 4.63 Å². The third-order valence-corrected chi connectivity index (χ3v) is 2.81. The normalized spacial score (nSPS) is 10.4. The van der Waals surface area contributed by atoms with Gasteiger partial charge in [0.05, 0.1) is 0 Å². The highest BCUT2D eigenvalue weighted by atomic mass is 16.6. The Labute approximate surface area is 111 Å². The zero-order valence-corrected chi connectivity index (χ0v) is 11.0. The maximum atomic E-state index is 10.9. The molecule has 0 atom stereocenters. The average molecular weight is 260 g/mol. The van der Waals surface area contributed by atoms with E-state index in [0.717, 1.165) is 23.4 Å². The van der Waals surface area contributed by atoms with E-state index in [1.54, 1.807) is 6.92 Å². The number of aryl methyl sites for hydroxylation is 2. The minimum absolute atomic E-state index is 0.203. The number of aromatic nitrogens is 2. The number of benzene rings is 1. The van der Waals surface area contributed by atoms with Crippen LogP contribution in [0.2, 0.25) is 0 Å². The molecule has 0 radical (unpaired) electrons. The van der Waals surface area contributed by atoms with Crippen LogP contribution in [0.4, 0.5) is 0 Å². The second-order valence-corrected chi connectivity index (χ2v) is 4.43. The molecule has 0 fully saturated rings. The summed E-state index contributed by atoms with van der Waals surface area (Å²) in [5.41, 5.74) is 2.56. The molecule has 0 saturated heterocycles. The number of rotatable bonds is 6.